The van der Waals surface area contributed by atoms with Crippen molar-refractivity contribution in [2.45, 2.75) is 18.9 Å². The number of carbonyl (C=O) groups is 1. The van der Waals surface area contributed by atoms with Gasteiger partial charge in [0.2, 0.25) is 0 Å². The molecule has 110 valence electrons. The second-order valence-corrected chi connectivity index (χ2v) is 5.67. The van der Waals surface area contributed by atoms with E-state index in [1.807, 2.05) is 30.3 Å². The predicted octanol–water partition coefficient (Wildman–Crippen LogP) is 3.04. The number of fused-ring (bicyclic) bond motifs is 1. The van der Waals surface area contributed by atoms with Gasteiger partial charge < -0.3 is 15.3 Å². The zero-order chi connectivity index (χ0) is 14.8. The average molecular weight is 284 g/mol. The molecule has 2 aromatic carbocycles. The van der Waals surface area contributed by atoms with Crippen LogP contribution in [-0.2, 0) is 0 Å². The molecule has 1 aliphatic heterocycles. The molecular weight excluding hydrogens is 264 g/mol. The molecule has 3 rings (SSSR count). The van der Waals surface area contributed by atoms with Crippen molar-refractivity contribution < 1.29 is 9.90 Å². The number of aromatic carboxylic acids is 1. The quantitative estimate of drug-likeness (QED) is 0.906. The fourth-order valence-corrected chi connectivity index (χ4v) is 3.10. The molecule has 0 bridgehead atoms. The van der Waals surface area contributed by atoms with Gasteiger partial charge >= 0.3 is 5.97 Å². The van der Waals surface area contributed by atoms with E-state index in [0.29, 0.717) is 11.6 Å². The van der Waals surface area contributed by atoms with E-state index in [1.165, 1.54) is 12.8 Å². The van der Waals surface area contributed by atoms with E-state index in [4.69, 9.17) is 0 Å². The Bertz CT molecular complexity index is 669. The third-order valence-electron chi connectivity index (χ3n) is 4.35. The molecule has 2 N–H and O–H groups in total. The number of hydrogen-bond donors (Lipinski definition) is 2. The van der Waals surface area contributed by atoms with Crippen LogP contribution in [0.15, 0.2) is 36.4 Å². The fraction of sp³-hybridized carbons (Fsp3) is 0.353. The lowest BCUT2D eigenvalue weighted by Crippen LogP contribution is -2.31. The summed E-state index contributed by atoms with van der Waals surface area (Å²) in [6, 6.07) is 11.8. The Balaban J connectivity index is 1.89. The molecule has 0 radical (unpaired) electrons. The van der Waals surface area contributed by atoms with E-state index in [0.717, 1.165) is 29.5 Å². The highest BCUT2D eigenvalue weighted by Crippen LogP contribution is 2.27. The first-order chi connectivity index (χ1) is 10.2. The fourth-order valence-electron chi connectivity index (χ4n) is 3.10. The minimum atomic E-state index is -0.881. The summed E-state index contributed by atoms with van der Waals surface area (Å²) in [6.07, 6.45) is 2.47. The second kappa shape index (κ2) is 5.74. The van der Waals surface area contributed by atoms with Crippen molar-refractivity contribution in [3.63, 3.8) is 0 Å². The van der Waals surface area contributed by atoms with E-state index in [1.54, 1.807) is 6.07 Å². The van der Waals surface area contributed by atoms with E-state index >= 15 is 0 Å². The zero-order valence-corrected chi connectivity index (χ0v) is 12.2. The molecule has 0 spiro atoms. The van der Waals surface area contributed by atoms with Crippen molar-refractivity contribution in [3.8, 4) is 0 Å². The summed E-state index contributed by atoms with van der Waals surface area (Å²) in [5, 5.41) is 14.5. The summed E-state index contributed by atoms with van der Waals surface area (Å²) >= 11 is 0. The van der Waals surface area contributed by atoms with Crippen molar-refractivity contribution in [1.82, 2.24) is 4.90 Å². The molecular formula is C17H20N2O2. The lowest BCUT2D eigenvalue weighted by Gasteiger charge is -2.21. The number of carboxylic acid groups (broad SMARTS) is 1. The molecule has 0 amide bonds. The van der Waals surface area contributed by atoms with E-state index in [9.17, 15) is 9.90 Å². The number of carboxylic acids is 1. The number of hydrogen-bond acceptors (Lipinski definition) is 3. The summed E-state index contributed by atoms with van der Waals surface area (Å²) in [5.41, 5.74) is 1.37. The monoisotopic (exact) mass is 284 g/mol. The topological polar surface area (TPSA) is 52.6 Å². The Kier molecular flexibility index (Phi) is 3.80. The number of anilines is 1. The van der Waals surface area contributed by atoms with Crippen molar-refractivity contribution >= 4 is 22.4 Å². The van der Waals surface area contributed by atoms with Gasteiger partial charge in [0.1, 0.15) is 0 Å². The van der Waals surface area contributed by atoms with Gasteiger partial charge in [0.15, 0.2) is 0 Å². The maximum Gasteiger partial charge on any atom is 0.336 e. The third-order valence-corrected chi connectivity index (χ3v) is 4.35. The summed E-state index contributed by atoms with van der Waals surface area (Å²) in [6.45, 7) is 2.05. The standard InChI is InChI=1S/C17H20N2O2/c1-19-10-4-5-12(19)11-18-16-9-8-15(17(20)21)13-6-2-3-7-14(13)16/h2-3,6-9,12,18H,4-5,10-11H2,1H3,(H,20,21). The largest absolute Gasteiger partial charge is 0.478 e. The Morgan fingerprint density at radius 1 is 1.29 bits per heavy atom. The van der Waals surface area contributed by atoms with Gasteiger partial charge in [-0.15, -0.1) is 0 Å². The Morgan fingerprint density at radius 3 is 2.71 bits per heavy atom. The lowest BCUT2D eigenvalue weighted by atomic mass is 10.0. The van der Waals surface area contributed by atoms with Gasteiger partial charge in [-0.05, 0) is 44.0 Å². The summed E-state index contributed by atoms with van der Waals surface area (Å²) < 4.78 is 0. The molecule has 1 atom stereocenters. The Labute approximate surface area is 124 Å². The molecule has 1 fully saturated rings. The molecule has 1 saturated heterocycles. The van der Waals surface area contributed by atoms with Crippen LogP contribution in [0.1, 0.15) is 23.2 Å². The van der Waals surface area contributed by atoms with Crippen molar-refractivity contribution in [2.24, 2.45) is 0 Å². The number of nitrogens with one attached hydrogen (secondary N) is 1. The number of likely N-dealkylation sites (N-methyl/N-ethyl adjacent to an activating group) is 1. The van der Waals surface area contributed by atoms with E-state index in [2.05, 4.69) is 17.3 Å². The number of benzene rings is 2. The molecule has 21 heavy (non-hydrogen) atoms. The van der Waals surface area contributed by atoms with Crippen LogP contribution in [0.3, 0.4) is 0 Å². The molecule has 0 aromatic heterocycles. The van der Waals surface area contributed by atoms with Crippen LogP contribution >= 0.6 is 0 Å². The van der Waals surface area contributed by atoms with Crippen LogP contribution < -0.4 is 5.32 Å². The minimum Gasteiger partial charge on any atom is -0.478 e. The van der Waals surface area contributed by atoms with Crippen LogP contribution in [0.5, 0.6) is 0 Å². The maximum absolute atomic E-state index is 11.3. The normalized spacial score (nSPS) is 19.0. The Morgan fingerprint density at radius 2 is 2.05 bits per heavy atom. The number of rotatable bonds is 4. The molecule has 1 heterocycles. The van der Waals surface area contributed by atoms with Crippen LogP contribution in [0.25, 0.3) is 10.8 Å². The first kappa shape index (κ1) is 13.9. The van der Waals surface area contributed by atoms with Crippen LogP contribution in [0, 0.1) is 0 Å². The highest BCUT2D eigenvalue weighted by Gasteiger charge is 2.20. The first-order valence-corrected chi connectivity index (χ1v) is 7.36. The maximum atomic E-state index is 11.3. The second-order valence-electron chi connectivity index (χ2n) is 5.67. The molecule has 1 unspecified atom stereocenters. The highest BCUT2D eigenvalue weighted by atomic mass is 16.4. The van der Waals surface area contributed by atoms with E-state index < -0.39 is 5.97 Å². The summed E-state index contributed by atoms with van der Waals surface area (Å²) in [4.78, 5) is 13.7. The van der Waals surface area contributed by atoms with Gasteiger partial charge in [0, 0.05) is 23.7 Å². The van der Waals surface area contributed by atoms with Gasteiger partial charge in [0.05, 0.1) is 5.56 Å². The first-order valence-electron chi connectivity index (χ1n) is 7.36. The van der Waals surface area contributed by atoms with Gasteiger partial charge in [0.25, 0.3) is 0 Å². The molecule has 0 saturated carbocycles. The number of nitrogens with zero attached hydrogens (tertiary/aromatic N) is 1. The van der Waals surface area contributed by atoms with Crippen LogP contribution in [0.4, 0.5) is 5.69 Å². The Hall–Kier alpha value is -2.07. The predicted molar refractivity (Wildman–Crippen MR) is 85.0 cm³/mol. The smallest absolute Gasteiger partial charge is 0.336 e. The highest BCUT2D eigenvalue weighted by molar-refractivity contribution is 6.07. The van der Waals surface area contributed by atoms with Crippen molar-refractivity contribution in [2.75, 3.05) is 25.5 Å². The SMILES string of the molecule is CN1CCCC1CNc1ccc(C(=O)O)c2ccccc12. The van der Waals surface area contributed by atoms with Crippen molar-refractivity contribution in [1.29, 1.82) is 0 Å². The molecule has 0 aliphatic carbocycles. The van der Waals surface area contributed by atoms with Gasteiger partial charge in [-0.3, -0.25) is 0 Å². The number of likely N-dealkylation sites (tertiary alicyclic amines) is 1. The van der Waals surface area contributed by atoms with Gasteiger partial charge in [-0.1, -0.05) is 24.3 Å². The molecule has 2 aromatic rings. The molecule has 4 heteroatoms. The minimum absolute atomic E-state index is 0.356. The van der Waals surface area contributed by atoms with E-state index in [-0.39, 0.29) is 0 Å². The summed E-state index contributed by atoms with van der Waals surface area (Å²) in [7, 11) is 2.16. The molecule has 4 nitrogen and oxygen atoms in total. The van der Waals surface area contributed by atoms with Crippen molar-refractivity contribution in [3.05, 3.63) is 42.0 Å². The average Bonchev–Trinajstić information content (AvgIpc) is 2.89. The van der Waals surface area contributed by atoms with Crippen LogP contribution in [-0.4, -0.2) is 42.2 Å². The van der Waals surface area contributed by atoms with Crippen LogP contribution in [0.2, 0.25) is 0 Å². The van der Waals surface area contributed by atoms with Gasteiger partial charge in [-0.25, -0.2) is 4.79 Å². The summed E-state index contributed by atoms with van der Waals surface area (Å²) in [5.74, 6) is -0.881. The zero-order valence-electron chi connectivity index (χ0n) is 12.2. The lowest BCUT2D eigenvalue weighted by molar-refractivity contribution is 0.0699. The molecule has 1 aliphatic rings. The third kappa shape index (κ3) is 2.72. The van der Waals surface area contributed by atoms with Gasteiger partial charge in [-0.2, -0.15) is 0 Å².